The molecule has 1 saturated carbocycles. The van der Waals surface area contributed by atoms with Crippen LogP contribution in [0.15, 0.2) is 46.9 Å². The maximum Gasteiger partial charge on any atom is 0.416 e. The summed E-state index contributed by atoms with van der Waals surface area (Å²) >= 11 is 3.29. The number of hydrogen-bond acceptors (Lipinski definition) is 3. The van der Waals surface area contributed by atoms with Gasteiger partial charge in [-0.1, -0.05) is 28.1 Å². The van der Waals surface area contributed by atoms with Crippen LogP contribution in [-0.2, 0) is 15.8 Å². The van der Waals surface area contributed by atoms with Crippen LogP contribution in [0.3, 0.4) is 0 Å². The smallest absolute Gasteiger partial charge is 0.416 e. The summed E-state index contributed by atoms with van der Waals surface area (Å²) in [5, 5.41) is 22.3. The quantitative estimate of drug-likeness (QED) is 0.523. The number of carbonyl (C=O) groups excluding carboxylic acids is 1. The van der Waals surface area contributed by atoms with Crippen molar-refractivity contribution in [2.24, 2.45) is 11.8 Å². The number of aliphatic hydroxyl groups excluding tert-OH is 1. The van der Waals surface area contributed by atoms with Gasteiger partial charge in [0.05, 0.1) is 29.2 Å². The lowest BCUT2D eigenvalue weighted by Crippen LogP contribution is -2.44. The van der Waals surface area contributed by atoms with E-state index in [4.69, 9.17) is 0 Å². The maximum absolute atomic E-state index is 14.1. The van der Waals surface area contributed by atoms with E-state index in [0.717, 1.165) is 10.5 Å². The first kappa shape index (κ1) is 23.2. The van der Waals surface area contributed by atoms with Crippen LogP contribution in [-0.4, -0.2) is 28.2 Å². The molecule has 10 heteroatoms. The van der Waals surface area contributed by atoms with Crippen molar-refractivity contribution in [3.8, 4) is 0 Å². The monoisotopic (exact) mass is 503 g/mol. The van der Waals surface area contributed by atoms with E-state index >= 15 is 0 Å². The van der Waals surface area contributed by atoms with Crippen molar-refractivity contribution in [1.29, 1.82) is 0 Å². The van der Waals surface area contributed by atoms with Crippen molar-refractivity contribution in [2.75, 3.05) is 5.32 Å². The Morgan fingerprint density at radius 1 is 1.06 bits per heavy atom. The number of halogens is 5. The second-order valence-electron chi connectivity index (χ2n) is 7.44. The van der Waals surface area contributed by atoms with Gasteiger partial charge in [-0.2, -0.15) is 13.2 Å². The van der Waals surface area contributed by atoms with Crippen LogP contribution in [0.5, 0.6) is 0 Å². The fourth-order valence-electron chi connectivity index (χ4n) is 3.94. The van der Waals surface area contributed by atoms with Gasteiger partial charge in [-0.25, -0.2) is 4.39 Å². The summed E-state index contributed by atoms with van der Waals surface area (Å²) in [6.45, 7) is 0. The maximum atomic E-state index is 14.1. The number of carbonyl (C=O) groups is 2. The van der Waals surface area contributed by atoms with Crippen molar-refractivity contribution in [3.63, 3.8) is 0 Å². The molecule has 0 saturated heterocycles. The number of nitrogens with one attached hydrogen (secondary N) is 1. The Balaban J connectivity index is 1.88. The van der Waals surface area contributed by atoms with Crippen molar-refractivity contribution in [1.82, 2.24) is 0 Å². The van der Waals surface area contributed by atoms with E-state index in [-0.39, 0.29) is 18.9 Å². The standard InChI is InChI=1S/C21H18BrF4NO4/c22-12-4-1-10(2-5-12)14-8-13(28)9-15(18(14)20(30)31)19(29)27-17-6-3-11(7-16(17)23)21(24,25)26/h1-7,13-15,18,28H,8-9H2,(H,27,29)(H,30,31)/t13-,14-,15-,18-/m1/s1. The number of carboxylic acid groups (broad SMARTS) is 1. The number of alkyl halides is 3. The minimum Gasteiger partial charge on any atom is -0.481 e. The first-order chi connectivity index (χ1) is 14.5. The highest BCUT2D eigenvalue weighted by atomic mass is 79.9. The average Bonchev–Trinajstić information content (AvgIpc) is 2.68. The van der Waals surface area contributed by atoms with E-state index in [1.807, 2.05) is 0 Å². The Kier molecular flexibility index (Phi) is 6.70. The molecule has 1 amide bonds. The minimum atomic E-state index is -4.75. The molecule has 166 valence electrons. The van der Waals surface area contributed by atoms with Crippen LogP contribution in [0.1, 0.15) is 29.9 Å². The van der Waals surface area contributed by atoms with Crippen molar-refractivity contribution >= 4 is 33.5 Å². The summed E-state index contributed by atoms with van der Waals surface area (Å²) in [5.41, 5.74) is -1.09. The molecule has 0 unspecified atom stereocenters. The zero-order chi connectivity index (χ0) is 22.9. The van der Waals surface area contributed by atoms with Gasteiger partial charge in [-0.15, -0.1) is 0 Å². The van der Waals surface area contributed by atoms with Crippen molar-refractivity contribution < 1.29 is 37.4 Å². The van der Waals surface area contributed by atoms with Crippen LogP contribution in [0.4, 0.5) is 23.2 Å². The van der Waals surface area contributed by atoms with E-state index in [1.54, 1.807) is 24.3 Å². The first-order valence-corrected chi connectivity index (χ1v) is 10.1. The van der Waals surface area contributed by atoms with Gasteiger partial charge in [0.1, 0.15) is 5.82 Å². The zero-order valence-electron chi connectivity index (χ0n) is 15.9. The van der Waals surface area contributed by atoms with Gasteiger partial charge in [0.25, 0.3) is 0 Å². The second-order valence-corrected chi connectivity index (χ2v) is 8.35. The molecular weight excluding hydrogens is 486 g/mol. The number of rotatable bonds is 4. The first-order valence-electron chi connectivity index (χ1n) is 9.31. The lowest BCUT2D eigenvalue weighted by atomic mass is 9.68. The molecular formula is C21H18BrF4NO4. The van der Waals surface area contributed by atoms with Crippen LogP contribution < -0.4 is 5.32 Å². The van der Waals surface area contributed by atoms with E-state index in [1.165, 1.54) is 0 Å². The Labute approximate surface area is 183 Å². The molecule has 0 spiro atoms. The lowest BCUT2D eigenvalue weighted by molar-refractivity contribution is -0.150. The van der Waals surface area contributed by atoms with Gasteiger partial charge in [0.15, 0.2) is 0 Å². The highest BCUT2D eigenvalue weighted by Crippen LogP contribution is 2.42. The van der Waals surface area contributed by atoms with E-state index in [9.17, 15) is 37.4 Å². The highest BCUT2D eigenvalue weighted by molar-refractivity contribution is 9.10. The molecule has 0 heterocycles. The lowest BCUT2D eigenvalue weighted by Gasteiger charge is -2.37. The molecule has 0 bridgehead atoms. The van der Waals surface area contributed by atoms with Gasteiger partial charge in [-0.3, -0.25) is 9.59 Å². The third-order valence-corrected chi connectivity index (χ3v) is 5.92. The molecule has 5 nitrogen and oxygen atoms in total. The fraction of sp³-hybridized carbons (Fsp3) is 0.333. The van der Waals surface area contributed by atoms with Crippen LogP contribution in [0.25, 0.3) is 0 Å². The molecule has 4 atom stereocenters. The van der Waals surface area contributed by atoms with Crippen LogP contribution >= 0.6 is 15.9 Å². The van der Waals surface area contributed by atoms with Gasteiger partial charge < -0.3 is 15.5 Å². The molecule has 1 aliphatic carbocycles. The molecule has 1 fully saturated rings. The predicted octanol–water partition coefficient (Wildman–Crippen LogP) is 4.80. The number of aliphatic hydroxyl groups is 1. The molecule has 3 rings (SSSR count). The summed E-state index contributed by atoms with van der Waals surface area (Å²) in [6, 6.07) is 8.44. The molecule has 1 aliphatic rings. The normalized spacial score (nSPS) is 23.9. The van der Waals surface area contributed by atoms with Gasteiger partial charge in [0.2, 0.25) is 5.91 Å². The zero-order valence-corrected chi connectivity index (χ0v) is 17.5. The number of carboxylic acids is 1. The number of hydrogen-bond donors (Lipinski definition) is 3. The Bertz CT molecular complexity index is 980. The third kappa shape index (κ3) is 5.24. The summed E-state index contributed by atoms with van der Waals surface area (Å²) in [5.74, 6) is -6.53. The summed E-state index contributed by atoms with van der Waals surface area (Å²) in [6.07, 6.45) is -5.77. The molecule has 0 radical (unpaired) electrons. The van der Waals surface area contributed by atoms with E-state index in [2.05, 4.69) is 21.2 Å². The van der Waals surface area contributed by atoms with E-state index in [0.29, 0.717) is 11.6 Å². The number of anilines is 1. The second kappa shape index (κ2) is 8.96. The summed E-state index contributed by atoms with van der Waals surface area (Å²) in [4.78, 5) is 24.8. The van der Waals surface area contributed by atoms with Crippen molar-refractivity contribution in [2.45, 2.75) is 31.0 Å². The average molecular weight is 504 g/mol. The largest absolute Gasteiger partial charge is 0.481 e. The van der Waals surface area contributed by atoms with Crippen LogP contribution in [0.2, 0.25) is 0 Å². The topological polar surface area (TPSA) is 86.6 Å². The van der Waals surface area contributed by atoms with Crippen molar-refractivity contribution in [3.05, 3.63) is 63.9 Å². The van der Waals surface area contributed by atoms with E-state index < -0.39 is 59.0 Å². The van der Waals surface area contributed by atoms with Gasteiger partial charge >= 0.3 is 12.1 Å². The molecule has 2 aromatic carbocycles. The highest BCUT2D eigenvalue weighted by Gasteiger charge is 2.46. The Hall–Kier alpha value is -2.46. The summed E-state index contributed by atoms with van der Waals surface area (Å²) in [7, 11) is 0. The number of amides is 1. The van der Waals surface area contributed by atoms with Gasteiger partial charge in [0, 0.05) is 10.4 Å². The Morgan fingerprint density at radius 2 is 1.71 bits per heavy atom. The molecule has 0 aromatic heterocycles. The predicted molar refractivity (Wildman–Crippen MR) is 107 cm³/mol. The molecule has 2 aromatic rings. The molecule has 31 heavy (non-hydrogen) atoms. The van der Waals surface area contributed by atoms with Gasteiger partial charge in [-0.05, 0) is 48.7 Å². The summed E-state index contributed by atoms with van der Waals surface area (Å²) < 4.78 is 53.1. The number of aliphatic carboxylic acids is 1. The molecule has 0 aliphatic heterocycles. The number of benzene rings is 2. The van der Waals surface area contributed by atoms with Crippen LogP contribution in [0, 0.1) is 17.7 Å². The molecule has 3 N–H and O–H groups in total. The minimum absolute atomic E-state index is 0.122. The SMILES string of the molecule is O=C(O)[C@@H]1[C@@H](c2ccc(Br)cc2)C[C@@H](O)C[C@H]1C(=O)Nc1ccc(C(F)(F)F)cc1F. The fourth-order valence-corrected chi connectivity index (χ4v) is 4.21. The third-order valence-electron chi connectivity index (χ3n) is 5.39. The Morgan fingerprint density at radius 3 is 2.26 bits per heavy atom.